The Bertz CT molecular complexity index is 608. The van der Waals surface area contributed by atoms with E-state index < -0.39 is 0 Å². The van der Waals surface area contributed by atoms with E-state index in [1.54, 1.807) is 21.2 Å². The molecule has 1 aromatic heterocycles. The third-order valence-corrected chi connectivity index (χ3v) is 4.06. The minimum Gasteiger partial charge on any atom is -0.378 e. The second-order valence-corrected chi connectivity index (χ2v) is 5.87. The molecule has 2 rings (SSSR count). The van der Waals surface area contributed by atoms with Crippen molar-refractivity contribution in [3.05, 3.63) is 39.9 Å². The number of nitrogens with zero attached hydrogens (tertiary/aromatic N) is 2. The zero-order valence-corrected chi connectivity index (χ0v) is 13.1. The first-order valence-corrected chi connectivity index (χ1v) is 7.18. The lowest BCUT2D eigenvalue weighted by atomic mass is 10.2. The first-order valence-electron chi connectivity index (χ1n) is 5.99. The second-order valence-electron chi connectivity index (χ2n) is 4.43. The van der Waals surface area contributed by atoms with Gasteiger partial charge >= 0.3 is 0 Å². The van der Waals surface area contributed by atoms with E-state index in [9.17, 15) is 4.79 Å². The molecule has 0 aliphatic rings. The highest BCUT2D eigenvalue weighted by Gasteiger charge is 2.20. The normalized spacial score (nSPS) is 10.6. The minimum absolute atomic E-state index is 0.0604. The summed E-state index contributed by atoms with van der Waals surface area (Å²) >= 11 is 7.25. The molecule has 0 spiro atoms. The number of halogens is 1. The molecule has 0 bridgehead atoms. The molecule has 1 heterocycles. The molecule has 106 valence electrons. The Morgan fingerprint density at radius 1 is 1.35 bits per heavy atom. The monoisotopic (exact) mass is 310 g/mol. The number of carbonyl (C=O) groups is 1. The SMILES string of the molecule is COCc1nc(-c2ccc(Cl)cc2)sc1C(=O)N(C)C. The minimum atomic E-state index is -0.0604. The van der Waals surface area contributed by atoms with Gasteiger partial charge in [0.25, 0.3) is 5.91 Å². The molecule has 0 atom stereocenters. The number of rotatable bonds is 4. The third kappa shape index (κ3) is 3.17. The van der Waals surface area contributed by atoms with Gasteiger partial charge in [0.2, 0.25) is 0 Å². The molecule has 0 aliphatic heterocycles. The van der Waals surface area contributed by atoms with E-state index in [1.165, 1.54) is 16.2 Å². The van der Waals surface area contributed by atoms with Gasteiger partial charge < -0.3 is 9.64 Å². The fourth-order valence-electron chi connectivity index (χ4n) is 1.67. The molecule has 0 radical (unpaired) electrons. The van der Waals surface area contributed by atoms with Gasteiger partial charge in [-0.3, -0.25) is 4.79 Å². The largest absolute Gasteiger partial charge is 0.378 e. The van der Waals surface area contributed by atoms with Crippen LogP contribution < -0.4 is 0 Å². The van der Waals surface area contributed by atoms with Crippen LogP contribution >= 0.6 is 22.9 Å². The van der Waals surface area contributed by atoms with Crippen molar-refractivity contribution in [2.45, 2.75) is 6.61 Å². The Balaban J connectivity index is 2.43. The summed E-state index contributed by atoms with van der Waals surface area (Å²) in [5, 5.41) is 1.46. The Kier molecular flexibility index (Phi) is 4.75. The highest BCUT2D eigenvalue weighted by atomic mass is 35.5. The number of methoxy groups -OCH3 is 1. The number of hydrogen-bond donors (Lipinski definition) is 0. The van der Waals surface area contributed by atoms with Crippen LogP contribution in [-0.4, -0.2) is 37.0 Å². The van der Waals surface area contributed by atoms with Crippen LogP contribution in [0.3, 0.4) is 0 Å². The molecule has 4 nitrogen and oxygen atoms in total. The lowest BCUT2D eigenvalue weighted by molar-refractivity contribution is 0.0827. The summed E-state index contributed by atoms with van der Waals surface area (Å²) in [5.74, 6) is -0.0604. The first-order chi connectivity index (χ1) is 9.52. The summed E-state index contributed by atoms with van der Waals surface area (Å²) in [6, 6.07) is 7.40. The van der Waals surface area contributed by atoms with Gasteiger partial charge in [0.1, 0.15) is 9.88 Å². The van der Waals surface area contributed by atoms with Gasteiger partial charge in [-0.1, -0.05) is 23.7 Å². The Hall–Kier alpha value is -1.43. The molecule has 0 N–H and O–H groups in total. The predicted molar refractivity (Wildman–Crippen MR) is 81.3 cm³/mol. The molecular weight excluding hydrogens is 296 g/mol. The van der Waals surface area contributed by atoms with Gasteiger partial charge in [-0.25, -0.2) is 4.98 Å². The van der Waals surface area contributed by atoms with Crippen LogP contribution in [0.4, 0.5) is 0 Å². The molecule has 1 aromatic carbocycles. The number of amides is 1. The molecule has 0 saturated heterocycles. The highest BCUT2D eigenvalue weighted by molar-refractivity contribution is 7.17. The molecule has 0 saturated carbocycles. The maximum Gasteiger partial charge on any atom is 0.265 e. The topological polar surface area (TPSA) is 42.4 Å². The first kappa shape index (κ1) is 15.0. The number of benzene rings is 1. The fourth-order valence-corrected chi connectivity index (χ4v) is 2.89. The molecule has 20 heavy (non-hydrogen) atoms. The zero-order valence-electron chi connectivity index (χ0n) is 11.5. The summed E-state index contributed by atoms with van der Waals surface area (Å²) < 4.78 is 5.12. The van der Waals surface area contributed by atoms with Crippen LogP contribution in [0.5, 0.6) is 0 Å². The van der Waals surface area contributed by atoms with Gasteiger partial charge in [0, 0.05) is 31.8 Å². The van der Waals surface area contributed by atoms with E-state index in [0.29, 0.717) is 22.2 Å². The molecule has 0 fully saturated rings. The Morgan fingerprint density at radius 3 is 2.55 bits per heavy atom. The van der Waals surface area contributed by atoms with E-state index in [2.05, 4.69) is 4.98 Å². The summed E-state index contributed by atoms with van der Waals surface area (Å²) in [5.41, 5.74) is 1.61. The second kappa shape index (κ2) is 6.35. The average molecular weight is 311 g/mol. The molecule has 1 amide bonds. The van der Waals surface area contributed by atoms with Crippen LogP contribution in [0, 0.1) is 0 Å². The van der Waals surface area contributed by atoms with Crippen molar-refractivity contribution < 1.29 is 9.53 Å². The quantitative estimate of drug-likeness (QED) is 0.870. The molecule has 6 heteroatoms. The molecule has 0 aliphatic carbocycles. The number of thiazole rings is 1. The van der Waals surface area contributed by atoms with Crippen molar-refractivity contribution in [3.8, 4) is 10.6 Å². The van der Waals surface area contributed by atoms with Crippen molar-refractivity contribution in [2.24, 2.45) is 0 Å². The van der Waals surface area contributed by atoms with E-state index in [4.69, 9.17) is 16.3 Å². The molecule has 0 unspecified atom stereocenters. The van der Waals surface area contributed by atoms with Crippen LogP contribution in [0.25, 0.3) is 10.6 Å². The van der Waals surface area contributed by atoms with E-state index >= 15 is 0 Å². The smallest absolute Gasteiger partial charge is 0.265 e. The van der Waals surface area contributed by atoms with Crippen molar-refractivity contribution in [1.82, 2.24) is 9.88 Å². The zero-order chi connectivity index (χ0) is 14.7. The van der Waals surface area contributed by atoms with Crippen molar-refractivity contribution in [3.63, 3.8) is 0 Å². The van der Waals surface area contributed by atoms with Crippen LogP contribution in [0.15, 0.2) is 24.3 Å². The van der Waals surface area contributed by atoms with Crippen LogP contribution in [0.2, 0.25) is 5.02 Å². The number of carbonyl (C=O) groups excluding carboxylic acids is 1. The van der Waals surface area contributed by atoms with Gasteiger partial charge in [0.05, 0.1) is 12.3 Å². The van der Waals surface area contributed by atoms with Crippen molar-refractivity contribution in [2.75, 3.05) is 21.2 Å². The summed E-state index contributed by atoms with van der Waals surface area (Å²) in [6.07, 6.45) is 0. The van der Waals surface area contributed by atoms with Gasteiger partial charge in [-0.15, -0.1) is 11.3 Å². The van der Waals surface area contributed by atoms with Crippen molar-refractivity contribution in [1.29, 1.82) is 0 Å². The summed E-state index contributed by atoms with van der Waals surface area (Å²) in [6.45, 7) is 0.318. The van der Waals surface area contributed by atoms with Gasteiger partial charge in [0.15, 0.2) is 0 Å². The van der Waals surface area contributed by atoms with E-state index in [0.717, 1.165) is 10.6 Å². The maximum atomic E-state index is 12.2. The van der Waals surface area contributed by atoms with Crippen LogP contribution in [-0.2, 0) is 11.3 Å². The van der Waals surface area contributed by atoms with Crippen LogP contribution in [0.1, 0.15) is 15.4 Å². The Morgan fingerprint density at radius 2 is 2.00 bits per heavy atom. The molecule has 2 aromatic rings. The number of aromatic nitrogens is 1. The average Bonchev–Trinajstić information content (AvgIpc) is 2.83. The predicted octanol–water partition coefficient (Wildman–Crippen LogP) is 3.31. The van der Waals surface area contributed by atoms with Crippen molar-refractivity contribution >= 4 is 28.8 Å². The highest BCUT2D eigenvalue weighted by Crippen LogP contribution is 2.30. The maximum absolute atomic E-state index is 12.2. The lowest BCUT2D eigenvalue weighted by Crippen LogP contribution is -2.21. The fraction of sp³-hybridized carbons (Fsp3) is 0.286. The van der Waals surface area contributed by atoms with Gasteiger partial charge in [-0.05, 0) is 12.1 Å². The Labute approximate surface area is 127 Å². The van der Waals surface area contributed by atoms with E-state index in [1.807, 2.05) is 24.3 Å². The van der Waals surface area contributed by atoms with E-state index in [-0.39, 0.29) is 5.91 Å². The lowest BCUT2D eigenvalue weighted by Gasteiger charge is -2.08. The third-order valence-electron chi connectivity index (χ3n) is 2.67. The number of hydrogen-bond acceptors (Lipinski definition) is 4. The molecular formula is C14H15ClN2O2S. The van der Waals surface area contributed by atoms with Gasteiger partial charge in [-0.2, -0.15) is 0 Å². The standard InChI is InChI=1S/C14H15ClN2O2S/c1-17(2)14(18)12-11(8-19-3)16-13(20-12)9-4-6-10(15)7-5-9/h4-7H,8H2,1-3H3. The summed E-state index contributed by atoms with van der Waals surface area (Å²) in [4.78, 5) is 18.8. The summed E-state index contributed by atoms with van der Waals surface area (Å²) in [7, 11) is 5.03. The number of ether oxygens (including phenoxy) is 1.